The predicted octanol–water partition coefficient (Wildman–Crippen LogP) is 2.13. The molecule has 0 aliphatic carbocycles. The van der Waals surface area contributed by atoms with E-state index in [-0.39, 0.29) is 11.7 Å². The van der Waals surface area contributed by atoms with Crippen LogP contribution in [0.1, 0.15) is 22.4 Å². The van der Waals surface area contributed by atoms with Crippen molar-refractivity contribution in [1.82, 2.24) is 15.2 Å². The molecule has 0 radical (unpaired) electrons. The zero-order chi connectivity index (χ0) is 16.3. The third-order valence-electron chi connectivity index (χ3n) is 3.11. The summed E-state index contributed by atoms with van der Waals surface area (Å²) in [6, 6.07) is 4.06. The number of carbonyl (C=O) groups is 1. The molecule has 0 bridgehead atoms. The summed E-state index contributed by atoms with van der Waals surface area (Å²) in [5.74, 6) is 0.0349. The Morgan fingerprint density at radius 1 is 1.23 bits per heavy atom. The molecule has 0 fully saturated rings. The van der Waals surface area contributed by atoms with Crippen molar-refractivity contribution in [3.63, 3.8) is 0 Å². The molecule has 22 heavy (non-hydrogen) atoms. The second-order valence-corrected chi connectivity index (χ2v) is 6.11. The Bertz CT molecular complexity index is 747. The maximum Gasteiger partial charge on any atom is 0.362 e. The van der Waals surface area contributed by atoms with Crippen LogP contribution in [-0.2, 0) is 4.79 Å². The molecule has 2 aromatic rings. The molecule has 1 aromatic carbocycles. The third kappa shape index (κ3) is 3.94. The number of aromatic nitrogens is 3. The highest BCUT2D eigenvalue weighted by Crippen LogP contribution is 2.23. The van der Waals surface area contributed by atoms with Gasteiger partial charge in [0.05, 0.1) is 11.4 Å². The van der Waals surface area contributed by atoms with Crippen molar-refractivity contribution in [3.05, 3.63) is 45.0 Å². The number of nitrogens with zero attached hydrogens (tertiary/aromatic N) is 2. The van der Waals surface area contributed by atoms with E-state index >= 15 is 0 Å². The lowest BCUT2D eigenvalue weighted by Crippen LogP contribution is -2.18. The molecule has 6 nitrogen and oxygen atoms in total. The van der Waals surface area contributed by atoms with Gasteiger partial charge in [0, 0.05) is 5.69 Å². The quantitative estimate of drug-likeness (QED) is 0.843. The molecular formula is C15H18N4O2S. The monoisotopic (exact) mass is 318 g/mol. The number of nitrogens with one attached hydrogen (secondary N) is 2. The van der Waals surface area contributed by atoms with Crippen LogP contribution in [0.3, 0.4) is 0 Å². The molecule has 2 rings (SSSR count). The highest BCUT2D eigenvalue weighted by Gasteiger charge is 2.11. The molecule has 0 aliphatic rings. The Morgan fingerprint density at radius 2 is 1.86 bits per heavy atom. The zero-order valence-corrected chi connectivity index (χ0v) is 13.8. The van der Waals surface area contributed by atoms with Gasteiger partial charge in [0.15, 0.2) is 0 Å². The highest BCUT2D eigenvalue weighted by atomic mass is 32.2. The molecule has 1 aromatic heterocycles. The van der Waals surface area contributed by atoms with Crippen LogP contribution >= 0.6 is 11.8 Å². The number of carbonyl (C=O) groups excluding carboxylic acids is 1. The number of aryl methyl sites for hydroxylation is 4. The molecule has 2 N–H and O–H groups in total. The molecular weight excluding hydrogens is 300 g/mol. The summed E-state index contributed by atoms with van der Waals surface area (Å²) in [5.41, 5.74) is 4.14. The number of anilines is 1. The van der Waals surface area contributed by atoms with Gasteiger partial charge in [0.25, 0.3) is 0 Å². The maximum absolute atomic E-state index is 12.1. The lowest BCUT2D eigenvalue weighted by molar-refractivity contribution is -0.113. The first kappa shape index (κ1) is 16.2. The number of H-pyrrole nitrogens is 1. The molecule has 116 valence electrons. The molecule has 0 spiro atoms. The smallest absolute Gasteiger partial charge is 0.325 e. The van der Waals surface area contributed by atoms with Crippen molar-refractivity contribution in [2.45, 2.75) is 32.7 Å². The van der Waals surface area contributed by atoms with Crippen LogP contribution < -0.4 is 11.0 Å². The van der Waals surface area contributed by atoms with Crippen LogP contribution in [0.4, 0.5) is 5.69 Å². The van der Waals surface area contributed by atoms with E-state index < -0.39 is 5.69 Å². The van der Waals surface area contributed by atoms with Gasteiger partial charge in [0.2, 0.25) is 5.91 Å². The predicted molar refractivity (Wildman–Crippen MR) is 87.4 cm³/mol. The fourth-order valence-electron chi connectivity index (χ4n) is 2.20. The van der Waals surface area contributed by atoms with E-state index in [1.54, 1.807) is 6.92 Å². The van der Waals surface area contributed by atoms with Gasteiger partial charge in [-0.3, -0.25) is 4.79 Å². The molecule has 0 saturated carbocycles. The summed E-state index contributed by atoms with van der Waals surface area (Å²) in [4.78, 5) is 27.1. The molecule has 0 saturated heterocycles. The van der Waals surface area contributed by atoms with Gasteiger partial charge in [-0.25, -0.2) is 9.89 Å². The number of hydrogen-bond acceptors (Lipinski definition) is 5. The first-order valence-electron chi connectivity index (χ1n) is 6.80. The minimum atomic E-state index is -0.515. The van der Waals surface area contributed by atoms with Gasteiger partial charge in [-0.1, -0.05) is 29.5 Å². The topological polar surface area (TPSA) is 87.7 Å². The first-order valence-corrected chi connectivity index (χ1v) is 7.79. The Morgan fingerprint density at radius 3 is 2.50 bits per heavy atom. The van der Waals surface area contributed by atoms with E-state index in [2.05, 4.69) is 20.5 Å². The summed E-state index contributed by atoms with van der Waals surface area (Å²) >= 11 is 1.20. The summed E-state index contributed by atoms with van der Waals surface area (Å²) in [5, 5.41) is 9.47. The Balaban J connectivity index is 2.05. The van der Waals surface area contributed by atoms with Crippen LogP contribution in [-0.4, -0.2) is 26.8 Å². The van der Waals surface area contributed by atoms with Crippen LogP contribution in [0.2, 0.25) is 0 Å². The highest BCUT2D eigenvalue weighted by molar-refractivity contribution is 8.00. The minimum absolute atomic E-state index is 0.137. The van der Waals surface area contributed by atoms with Crippen LogP contribution in [0.25, 0.3) is 0 Å². The first-order chi connectivity index (χ1) is 10.4. The van der Waals surface area contributed by atoms with Gasteiger partial charge in [0.1, 0.15) is 5.03 Å². The Hall–Kier alpha value is -2.15. The van der Waals surface area contributed by atoms with E-state index in [0.29, 0.717) is 10.7 Å². The normalized spacial score (nSPS) is 10.5. The van der Waals surface area contributed by atoms with Crippen molar-refractivity contribution >= 4 is 23.4 Å². The van der Waals surface area contributed by atoms with Crippen LogP contribution in [0, 0.1) is 27.7 Å². The van der Waals surface area contributed by atoms with E-state index in [4.69, 9.17) is 0 Å². The lowest BCUT2D eigenvalue weighted by Gasteiger charge is -2.12. The van der Waals surface area contributed by atoms with Crippen molar-refractivity contribution in [2.24, 2.45) is 0 Å². The number of amides is 1. The molecule has 0 unspecified atom stereocenters. The molecule has 0 atom stereocenters. The second-order valence-electron chi connectivity index (χ2n) is 5.14. The SMILES string of the molecule is Cc1cc(C)c(NC(=O)CSc2nc(=O)[nH]nc2C)c(C)c1. The van der Waals surface area contributed by atoms with Gasteiger partial charge < -0.3 is 5.32 Å². The van der Waals surface area contributed by atoms with Crippen LogP contribution in [0.5, 0.6) is 0 Å². The summed E-state index contributed by atoms with van der Waals surface area (Å²) < 4.78 is 0. The Labute approximate surface area is 132 Å². The van der Waals surface area contributed by atoms with Gasteiger partial charge >= 0.3 is 5.69 Å². The fourth-order valence-corrected chi connectivity index (χ4v) is 2.94. The van der Waals surface area contributed by atoms with E-state index in [1.807, 2.05) is 32.9 Å². The van der Waals surface area contributed by atoms with Crippen molar-refractivity contribution in [3.8, 4) is 0 Å². The zero-order valence-electron chi connectivity index (χ0n) is 13.0. The van der Waals surface area contributed by atoms with Crippen molar-refractivity contribution in [1.29, 1.82) is 0 Å². The van der Waals surface area contributed by atoms with Gasteiger partial charge in [-0.15, -0.1) is 0 Å². The third-order valence-corrected chi connectivity index (χ3v) is 4.18. The number of hydrogen-bond donors (Lipinski definition) is 2. The molecule has 1 heterocycles. The fraction of sp³-hybridized carbons (Fsp3) is 0.333. The molecule has 7 heteroatoms. The van der Waals surface area contributed by atoms with E-state index in [1.165, 1.54) is 11.8 Å². The summed E-state index contributed by atoms with van der Waals surface area (Å²) in [6.07, 6.45) is 0. The average molecular weight is 318 g/mol. The molecule has 1 amide bonds. The van der Waals surface area contributed by atoms with E-state index in [9.17, 15) is 9.59 Å². The average Bonchev–Trinajstić information content (AvgIpc) is 2.44. The minimum Gasteiger partial charge on any atom is -0.325 e. The van der Waals surface area contributed by atoms with Crippen molar-refractivity contribution < 1.29 is 4.79 Å². The Kier molecular flexibility index (Phi) is 4.97. The second kappa shape index (κ2) is 6.74. The number of aromatic amines is 1. The van der Waals surface area contributed by atoms with E-state index in [0.717, 1.165) is 22.4 Å². The molecule has 0 aliphatic heterocycles. The largest absolute Gasteiger partial charge is 0.362 e. The van der Waals surface area contributed by atoms with Crippen molar-refractivity contribution in [2.75, 3.05) is 11.1 Å². The summed E-state index contributed by atoms with van der Waals surface area (Å²) in [7, 11) is 0. The lowest BCUT2D eigenvalue weighted by atomic mass is 10.1. The summed E-state index contributed by atoms with van der Waals surface area (Å²) in [6.45, 7) is 7.69. The maximum atomic E-state index is 12.1. The van der Waals surface area contributed by atoms with Gasteiger partial charge in [-0.05, 0) is 38.8 Å². The number of rotatable bonds is 4. The standard InChI is InChI=1S/C15H18N4O2S/c1-8-5-9(2)13(10(3)6-8)16-12(20)7-22-14-11(4)18-19-15(21)17-14/h5-6H,7H2,1-4H3,(H,16,20)(H,17,19,21). The van der Waals surface area contributed by atoms with Gasteiger partial charge in [-0.2, -0.15) is 10.1 Å². The number of benzene rings is 1. The van der Waals surface area contributed by atoms with Crippen LogP contribution in [0.15, 0.2) is 22.0 Å². The number of thioether (sulfide) groups is 1.